The van der Waals surface area contributed by atoms with Crippen LogP contribution in [0.15, 0.2) is 54.7 Å². The van der Waals surface area contributed by atoms with Gasteiger partial charge in [0.25, 0.3) is 0 Å². The van der Waals surface area contributed by atoms with Gasteiger partial charge in [-0.2, -0.15) is 0 Å². The Balaban J connectivity index is 1.37. The minimum Gasteiger partial charge on any atom is -0.497 e. The number of fused-ring (bicyclic) bond motifs is 1. The van der Waals surface area contributed by atoms with E-state index in [1.165, 1.54) is 18.7 Å². The standard InChI is InChI=1S/C29H30FNO4/c1-17(29(32)34-3)28(19-5-6-19)20-7-4-18-9-13-26(35-27(18)14-20)25-12-8-21(16-31-25)23-15-22(33-2)10-11-24(23)30/h4,7-8,10-12,14-17,19,26,28H,5-6,9,13H2,1-3H3/t17-,26?,28?/m0/s1. The number of esters is 1. The van der Waals surface area contributed by atoms with Gasteiger partial charge in [0.1, 0.15) is 23.4 Å². The van der Waals surface area contributed by atoms with Crippen LogP contribution < -0.4 is 9.47 Å². The number of aromatic nitrogens is 1. The summed E-state index contributed by atoms with van der Waals surface area (Å²) in [5.74, 6) is 1.40. The number of methoxy groups -OCH3 is 2. The average Bonchev–Trinajstić information content (AvgIpc) is 3.73. The van der Waals surface area contributed by atoms with Gasteiger partial charge >= 0.3 is 5.97 Å². The maximum atomic E-state index is 14.4. The molecule has 2 heterocycles. The minimum atomic E-state index is -0.317. The van der Waals surface area contributed by atoms with E-state index in [2.05, 4.69) is 23.2 Å². The van der Waals surface area contributed by atoms with E-state index in [4.69, 9.17) is 14.2 Å². The molecule has 2 aliphatic rings. The van der Waals surface area contributed by atoms with Crippen LogP contribution in [0.25, 0.3) is 11.1 Å². The first-order valence-corrected chi connectivity index (χ1v) is 12.2. The highest BCUT2D eigenvalue weighted by Crippen LogP contribution is 2.48. The van der Waals surface area contributed by atoms with Gasteiger partial charge in [0.05, 0.1) is 25.8 Å². The first-order valence-electron chi connectivity index (χ1n) is 12.2. The van der Waals surface area contributed by atoms with Crippen LogP contribution >= 0.6 is 0 Å². The number of hydrogen-bond donors (Lipinski definition) is 0. The van der Waals surface area contributed by atoms with Crippen LogP contribution in [0.2, 0.25) is 0 Å². The molecule has 0 saturated heterocycles. The number of aryl methyl sites for hydroxylation is 1. The Morgan fingerprint density at radius 1 is 1.09 bits per heavy atom. The summed E-state index contributed by atoms with van der Waals surface area (Å²) in [6.07, 6.45) is 5.47. The number of rotatable bonds is 7. The Morgan fingerprint density at radius 3 is 2.60 bits per heavy atom. The second kappa shape index (κ2) is 9.68. The van der Waals surface area contributed by atoms with Gasteiger partial charge < -0.3 is 14.2 Å². The van der Waals surface area contributed by atoms with Crippen molar-refractivity contribution < 1.29 is 23.4 Å². The van der Waals surface area contributed by atoms with Gasteiger partial charge in [-0.1, -0.05) is 25.1 Å². The molecule has 0 bridgehead atoms. The molecule has 35 heavy (non-hydrogen) atoms. The molecular weight excluding hydrogens is 445 g/mol. The molecule has 5 rings (SSSR count). The SMILES string of the molecule is COC(=O)[C@@H](C)C(c1ccc2c(c1)OC(c1ccc(-c3cc(OC)ccc3F)cn1)CC2)C1CC1. The normalized spacial score (nSPS) is 18.7. The molecule has 6 heteroatoms. The quantitative estimate of drug-likeness (QED) is 0.377. The summed E-state index contributed by atoms with van der Waals surface area (Å²) in [6.45, 7) is 1.95. The zero-order chi connectivity index (χ0) is 24.5. The topological polar surface area (TPSA) is 57.7 Å². The van der Waals surface area contributed by atoms with E-state index in [9.17, 15) is 9.18 Å². The number of carbonyl (C=O) groups excluding carboxylic acids is 1. The summed E-state index contributed by atoms with van der Waals surface area (Å²) >= 11 is 0. The fourth-order valence-electron chi connectivity index (χ4n) is 5.17. The summed E-state index contributed by atoms with van der Waals surface area (Å²) in [5, 5.41) is 0. The van der Waals surface area contributed by atoms with E-state index in [1.54, 1.807) is 25.4 Å². The molecule has 0 radical (unpaired) electrons. The molecule has 0 amide bonds. The lowest BCUT2D eigenvalue weighted by molar-refractivity contribution is -0.145. The van der Waals surface area contributed by atoms with Crippen molar-refractivity contribution in [2.24, 2.45) is 11.8 Å². The van der Waals surface area contributed by atoms with E-state index >= 15 is 0 Å². The molecule has 2 aromatic carbocycles. The third-order valence-corrected chi connectivity index (χ3v) is 7.26. The zero-order valence-electron chi connectivity index (χ0n) is 20.3. The van der Waals surface area contributed by atoms with Gasteiger partial charge in [-0.15, -0.1) is 0 Å². The molecular formula is C29H30FNO4. The van der Waals surface area contributed by atoms with Crippen molar-refractivity contribution in [2.45, 2.75) is 44.6 Å². The predicted octanol–water partition coefficient (Wildman–Crippen LogP) is 6.27. The largest absolute Gasteiger partial charge is 0.497 e. The van der Waals surface area contributed by atoms with Crippen molar-refractivity contribution in [1.29, 1.82) is 0 Å². The number of benzene rings is 2. The second-order valence-electron chi connectivity index (χ2n) is 9.50. The molecule has 182 valence electrons. The Kier molecular flexibility index (Phi) is 6.46. The molecule has 0 N–H and O–H groups in total. The number of hydrogen-bond acceptors (Lipinski definition) is 5. The first kappa shape index (κ1) is 23.3. The smallest absolute Gasteiger partial charge is 0.309 e. The lowest BCUT2D eigenvalue weighted by Crippen LogP contribution is -2.23. The number of halogens is 1. The van der Waals surface area contributed by atoms with E-state index in [-0.39, 0.29) is 29.7 Å². The summed E-state index contributed by atoms with van der Waals surface area (Å²) in [5.41, 5.74) is 4.25. The molecule has 3 atom stereocenters. The zero-order valence-corrected chi connectivity index (χ0v) is 20.3. The van der Waals surface area contributed by atoms with Gasteiger partial charge in [-0.3, -0.25) is 9.78 Å². The van der Waals surface area contributed by atoms with E-state index in [0.717, 1.165) is 42.7 Å². The van der Waals surface area contributed by atoms with Crippen molar-refractivity contribution in [3.05, 3.63) is 77.4 Å². The molecule has 5 nitrogen and oxygen atoms in total. The number of nitrogens with zero attached hydrogens (tertiary/aromatic N) is 1. The van der Waals surface area contributed by atoms with Crippen molar-refractivity contribution in [1.82, 2.24) is 4.98 Å². The Labute approximate surface area is 205 Å². The molecule has 0 spiro atoms. The monoisotopic (exact) mass is 475 g/mol. The van der Waals surface area contributed by atoms with Crippen LogP contribution in [0.3, 0.4) is 0 Å². The van der Waals surface area contributed by atoms with Gasteiger partial charge in [-0.25, -0.2) is 4.39 Å². The molecule has 1 fully saturated rings. The van der Waals surface area contributed by atoms with Gasteiger partial charge in [-0.05, 0) is 79.0 Å². The third-order valence-electron chi connectivity index (χ3n) is 7.26. The molecule has 1 aromatic heterocycles. The van der Waals surface area contributed by atoms with Crippen LogP contribution in [0.4, 0.5) is 4.39 Å². The maximum Gasteiger partial charge on any atom is 0.309 e. The molecule has 2 unspecified atom stereocenters. The summed E-state index contributed by atoms with van der Waals surface area (Å²) < 4.78 is 31.0. The fourth-order valence-corrected chi connectivity index (χ4v) is 5.17. The van der Waals surface area contributed by atoms with Gasteiger partial charge in [0, 0.05) is 17.3 Å². The van der Waals surface area contributed by atoms with E-state index in [1.807, 2.05) is 19.1 Å². The predicted molar refractivity (Wildman–Crippen MR) is 131 cm³/mol. The van der Waals surface area contributed by atoms with Crippen LogP contribution in [0.5, 0.6) is 11.5 Å². The van der Waals surface area contributed by atoms with E-state index in [0.29, 0.717) is 22.8 Å². The van der Waals surface area contributed by atoms with Crippen molar-refractivity contribution in [3.63, 3.8) is 0 Å². The van der Waals surface area contributed by atoms with E-state index < -0.39 is 0 Å². The van der Waals surface area contributed by atoms with Crippen molar-refractivity contribution >= 4 is 5.97 Å². The number of ether oxygens (including phenoxy) is 3. The highest BCUT2D eigenvalue weighted by Gasteiger charge is 2.39. The van der Waals surface area contributed by atoms with Crippen molar-refractivity contribution in [2.75, 3.05) is 14.2 Å². The van der Waals surface area contributed by atoms with Crippen LogP contribution in [0.1, 0.15) is 55.0 Å². The van der Waals surface area contributed by atoms with Crippen molar-refractivity contribution in [3.8, 4) is 22.6 Å². The average molecular weight is 476 g/mol. The first-order chi connectivity index (χ1) is 17.0. The highest BCUT2D eigenvalue weighted by molar-refractivity contribution is 5.73. The fraction of sp³-hybridized carbons (Fsp3) is 0.379. The summed E-state index contributed by atoms with van der Waals surface area (Å²) in [4.78, 5) is 16.9. The molecule has 3 aromatic rings. The lowest BCUT2D eigenvalue weighted by atomic mass is 9.82. The Bertz CT molecular complexity index is 1220. The van der Waals surface area contributed by atoms with Crippen LogP contribution in [0, 0.1) is 17.7 Å². The molecule has 1 saturated carbocycles. The molecule has 1 aliphatic carbocycles. The van der Waals surface area contributed by atoms with Gasteiger partial charge in [0.15, 0.2) is 0 Å². The van der Waals surface area contributed by atoms with Crippen LogP contribution in [-0.2, 0) is 16.0 Å². The third kappa shape index (κ3) is 4.75. The Hall–Kier alpha value is -3.41. The maximum absolute atomic E-state index is 14.4. The molecule has 1 aliphatic heterocycles. The Morgan fingerprint density at radius 2 is 1.91 bits per heavy atom. The summed E-state index contributed by atoms with van der Waals surface area (Å²) in [6, 6.07) is 14.8. The minimum absolute atomic E-state index is 0.131. The number of pyridine rings is 1. The highest BCUT2D eigenvalue weighted by atomic mass is 19.1. The van der Waals surface area contributed by atoms with Crippen LogP contribution in [-0.4, -0.2) is 25.2 Å². The number of carbonyl (C=O) groups is 1. The lowest BCUT2D eigenvalue weighted by Gasteiger charge is -2.28. The summed E-state index contributed by atoms with van der Waals surface area (Å²) in [7, 11) is 3.01. The van der Waals surface area contributed by atoms with Gasteiger partial charge in [0.2, 0.25) is 0 Å². The second-order valence-corrected chi connectivity index (χ2v) is 9.50.